The van der Waals surface area contributed by atoms with E-state index in [1.54, 1.807) is 11.3 Å². The summed E-state index contributed by atoms with van der Waals surface area (Å²) in [6.45, 7) is 5.85. The van der Waals surface area contributed by atoms with E-state index < -0.39 is 0 Å². The highest BCUT2D eigenvalue weighted by Crippen LogP contribution is 2.23. The molecule has 2 N–H and O–H groups in total. The van der Waals surface area contributed by atoms with E-state index in [0.717, 1.165) is 33.2 Å². The van der Waals surface area contributed by atoms with E-state index in [1.165, 1.54) is 0 Å². The Morgan fingerprint density at radius 2 is 1.84 bits per heavy atom. The van der Waals surface area contributed by atoms with Gasteiger partial charge in [-0.2, -0.15) is 0 Å². The number of aromatic nitrogens is 1. The zero-order chi connectivity index (χ0) is 17.8. The molecule has 2 aromatic carbocycles. The summed E-state index contributed by atoms with van der Waals surface area (Å²) in [6.07, 6.45) is 0. The smallest absolute Gasteiger partial charge is 0.246 e. The molecule has 0 saturated carbocycles. The van der Waals surface area contributed by atoms with E-state index in [4.69, 9.17) is 0 Å². The topological polar surface area (TPSA) is 54.0 Å². The average molecular weight is 351 g/mol. The number of rotatable bonds is 5. The first-order valence-electron chi connectivity index (χ1n) is 8.18. The van der Waals surface area contributed by atoms with Gasteiger partial charge in [0, 0.05) is 22.3 Å². The SMILES string of the molecule is Cc1cccc(NC(=O)C(C)Nc2ccc(-c3csc(C)n3)cc2)c1. The van der Waals surface area contributed by atoms with Crippen LogP contribution in [0.2, 0.25) is 0 Å². The van der Waals surface area contributed by atoms with Crippen molar-refractivity contribution in [3.8, 4) is 11.3 Å². The molecule has 1 atom stereocenters. The van der Waals surface area contributed by atoms with Crippen molar-refractivity contribution in [3.63, 3.8) is 0 Å². The van der Waals surface area contributed by atoms with Crippen molar-refractivity contribution in [3.05, 3.63) is 64.5 Å². The Labute approximate surface area is 151 Å². The lowest BCUT2D eigenvalue weighted by Crippen LogP contribution is -2.31. The zero-order valence-electron chi connectivity index (χ0n) is 14.5. The Kier molecular flexibility index (Phi) is 5.14. The third kappa shape index (κ3) is 4.45. The predicted molar refractivity (Wildman–Crippen MR) is 105 cm³/mol. The van der Waals surface area contributed by atoms with Crippen LogP contribution in [0.3, 0.4) is 0 Å². The molecule has 0 radical (unpaired) electrons. The van der Waals surface area contributed by atoms with Gasteiger partial charge < -0.3 is 10.6 Å². The third-order valence-electron chi connectivity index (χ3n) is 3.86. The number of carbonyl (C=O) groups excluding carboxylic acids is 1. The Morgan fingerprint density at radius 1 is 1.08 bits per heavy atom. The van der Waals surface area contributed by atoms with Gasteiger partial charge in [0.25, 0.3) is 0 Å². The first kappa shape index (κ1) is 17.2. The van der Waals surface area contributed by atoms with Crippen LogP contribution in [0.25, 0.3) is 11.3 Å². The first-order chi connectivity index (χ1) is 12.0. The van der Waals surface area contributed by atoms with Gasteiger partial charge in [0.05, 0.1) is 10.7 Å². The summed E-state index contributed by atoms with van der Waals surface area (Å²) >= 11 is 1.64. The molecule has 3 aromatic rings. The lowest BCUT2D eigenvalue weighted by atomic mass is 10.1. The van der Waals surface area contributed by atoms with Gasteiger partial charge in [0.2, 0.25) is 5.91 Å². The molecule has 1 heterocycles. The minimum absolute atomic E-state index is 0.0650. The maximum absolute atomic E-state index is 12.3. The maximum atomic E-state index is 12.3. The maximum Gasteiger partial charge on any atom is 0.246 e. The van der Waals surface area contributed by atoms with E-state index in [9.17, 15) is 4.79 Å². The molecule has 0 aliphatic rings. The van der Waals surface area contributed by atoms with Gasteiger partial charge in [-0.1, -0.05) is 24.3 Å². The van der Waals surface area contributed by atoms with Crippen LogP contribution in [-0.2, 0) is 4.79 Å². The third-order valence-corrected chi connectivity index (χ3v) is 4.64. The molecule has 3 rings (SSSR count). The largest absolute Gasteiger partial charge is 0.374 e. The van der Waals surface area contributed by atoms with Crippen molar-refractivity contribution in [1.82, 2.24) is 4.98 Å². The number of amides is 1. The molecular formula is C20H21N3OS. The summed E-state index contributed by atoms with van der Waals surface area (Å²) < 4.78 is 0. The van der Waals surface area contributed by atoms with Crippen LogP contribution in [0, 0.1) is 13.8 Å². The monoisotopic (exact) mass is 351 g/mol. The highest BCUT2D eigenvalue weighted by atomic mass is 32.1. The number of carbonyl (C=O) groups is 1. The van der Waals surface area contributed by atoms with Gasteiger partial charge in [-0.05, 0) is 50.6 Å². The van der Waals surface area contributed by atoms with Crippen LogP contribution in [0.4, 0.5) is 11.4 Å². The van der Waals surface area contributed by atoms with Crippen molar-refractivity contribution >= 4 is 28.6 Å². The molecule has 25 heavy (non-hydrogen) atoms. The molecule has 0 aliphatic heterocycles. The van der Waals surface area contributed by atoms with E-state index in [0.29, 0.717) is 0 Å². The van der Waals surface area contributed by atoms with Crippen LogP contribution >= 0.6 is 11.3 Å². The molecule has 0 fully saturated rings. The van der Waals surface area contributed by atoms with Gasteiger partial charge in [0.15, 0.2) is 0 Å². The van der Waals surface area contributed by atoms with Crippen LogP contribution in [0.1, 0.15) is 17.5 Å². The fraction of sp³-hybridized carbons (Fsp3) is 0.200. The van der Waals surface area contributed by atoms with Gasteiger partial charge >= 0.3 is 0 Å². The number of aryl methyl sites for hydroxylation is 2. The van der Waals surface area contributed by atoms with Gasteiger partial charge in [-0.25, -0.2) is 4.98 Å². The highest BCUT2D eigenvalue weighted by Gasteiger charge is 2.13. The molecule has 0 saturated heterocycles. The second kappa shape index (κ2) is 7.49. The molecule has 4 nitrogen and oxygen atoms in total. The lowest BCUT2D eigenvalue weighted by Gasteiger charge is -2.15. The summed E-state index contributed by atoms with van der Waals surface area (Å²) in [5.41, 5.74) is 4.90. The first-order valence-corrected chi connectivity index (χ1v) is 9.06. The number of anilines is 2. The van der Waals surface area contributed by atoms with Crippen LogP contribution in [-0.4, -0.2) is 16.9 Å². The van der Waals surface area contributed by atoms with Crippen molar-refractivity contribution in [2.75, 3.05) is 10.6 Å². The van der Waals surface area contributed by atoms with Crippen LogP contribution in [0.15, 0.2) is 53.9 Å². The number of hydrogen-bond donors (Lipinski definition) is 2. The number of thiazole rings is 1. The highest BCUT2D eigenvalue weighted by molar-refractivity contribution is 7.09. The van der Waals surface area contributed by atoms with Crippen molar-refractivity contribution in [2.24, 2.45) is 0 Å². The molecule has 128 valence electrons. The van der Waals surface area contributed by atoms with E-state index in [-0.39, 0.29) is 11.9 Å². The quantitative estimate of drug-likeness (QED) is 0.690. The average Bonchev–Trinajstić information content (AvgIpc) is 3.02. The second-order valence-corrected chi connectivity index (χ2v) is 7.12. The Morgan fingerprint density at radius 3 is 2.48 bits per heavy atom. The van der Waals surface area contributed by atoms with Crippen LogP contribution < -0.4 is 10.6 Å². The lowest BCUT2D eigenvalue weighted by molar-refractivity contribution is -0.116. The van der Waals surface area contributed by atoms with Crippen LogP contribution in [0.5, 0.6) is 0 Å². The predicted octanol–water partition coefficient (Wildman–Crippen LogP) is 4.87. The fourth-order valence-electron chi connectivity index (χ4n) is 2.52. The number of hydrogen-bond acceptors (Lipinski definition) is 4. The van der Waals surface area contributed by atoms with Crippen molar-refractivity contribution in [1.29, 1.82) is 0 Å². The molecule has 0 spiro atoms. The molecule has 5 heteroatoms. The fourth-order valence-corrected chi connectivity index (χ4v) is 3.14. The summed E-state index contributed by atoms with van der Waals surface area (Å²) in [6, 6.07) is 15.4. The Balaban J connectivity index is 1.62. The summed E-state index contributed by atoms with van der Waals surface area (Å²) in [4.78, 5) is 16.8. The molecule has 1 unspecified atom stereocenters. The molecular weight excluding hydrogens is 330 g/mol. The summed E-state index contributed by atoms with van der Waals surface area (Å²) in [5, 5.41) is 9.27. The second-order valence-electron chi connectivity index (χ2n) is 6.05. The standard InChI is InChI=1S/C20H21N3OS/c1-13-5-4-6-18(11-13)23-20(24)14(2)21-17-9-7-16(8-10-17)19-12-25-15(3)22-19/h4-12,14,21H,1-3H3,(H,23,24). The summed E-state index contributed by atoms with van der Waals surface area (Å²) in [7, 11) is 0. The minimum atomic E-state index is -0.340. The number of benzene rings is 2. The minimum Gasteiger partial charge on any atom is -0.374 e. The Bertz CT molecular complexity index is 871. The van der Waals surface area contributed by atoms with Gasteiger partial charge in [-0.3, -0.25) is 4.79 Å². The molecule has 1 amide bonds. The van der Waals surface area contributed by atoms with Crippen molar-refractivity contribution < 1.29 is 4.79 Å². The van der Waals surface area contributed by atoms with Gasteiger partial charge in [0.1, 0.15) is 6.04 Å². The summed E-state index contributed by atoms with van der Waals surface area (Å²) in [5.74, 6) is -0.0650. The number of nitrogens with zero attached hydrogens (tertiary/aromatic N) is 1. The Hall–Kier alpha value is -2.66. The van der Waals surface area contributed by atoms with E-state index in [1.807, 2.05) is 69.3 Å². The van der Waals surface area contributed by atoms with E-state index >= 15 is 0 Å². The van der Waals surface area contributed by atoms with E-state index in [2.05, 4.69) is 21.0 Å². The van der Waals surface area contributed by atoms with Crippen molar-refractivity contribution in [2.45, 2.75) is 26.8 Å². The van der Waals surface area contributed by atoms with Gasteiger partial charge in [-0.15, -0.1) is 11.3 Å². The zero-order valence-corrected chi connectivity index (χ0v) is 15.4. The molecule has 0 aliphatic carbocycles. The molecule has 1 aromatic heterocycles. The normalized spacial score (nSPS) is 11.8. The number of nitrogens with one attached hydrogen (secondary N) is 2. The molecule has 0 bridgehead atoms.